The lowest BCUT2D eigenvalue weighted by Crippen LogP contribution is -2.51. The number of likely N-dealkylation sites (tertiary alicyclic amines) is 1. The van der Waals surface area contributed by atoms with E-state index in [9.17, 15) is 14.4 Å². The van der Waals surface area contributed by atoms with Crippen molar-refractivity contribution in [3.8, 4) is 0 Å². The summed E-state index contributed by atoms with van der Waals surface area (Å²) in [5.41, 5.74) is 1.57. The second kappa shape index (κ2) is 5.22. The third kappa shape index (κ3) is 1.84. The number of ketones is 1. The minimum atomic E-state index is -0.457. The maximum Gasteiger partial charge on any atom is 0.335 e. The molecule has 0 spiro atoms. The fourth-order valence-electron chi connectivity index (χ4n) is 4.81. The zero-order chi connectivity index (χ0) is 16.9. The minimum Gasteiger partial charge on any atom is -0.466 e. The van der Waals surface area contributed by atoms with Crippen molar-refractivity contribution in [1.29, 1.82) is 0 Å². The summed E-state index contributed by atoms with van der Waals surface area (Å²) in [6.07, 6.45) is 3.11. The normalized spacial score (nSPS) is 35.5. The Morgan fingerprint density at radius 1 is 1.57 bits per heavy atom. The van der Waals surface area contributed by atoms with Crippen LogP contribution < -0.4 is 5.32 Å². The number of carbonyl (C=O) groups is 3. The van der Waals surface area contributed by atoms with Crippen molar-refractivity contribution >= 4 is 18.2 Å². The Bertz CT molecular complexity index is 651. The SMILES string of the molecule is CC[C@]12C(=CC(=O)C3NC(C)=C(C(=O)OC)C31)N(C=O)C[C@H]2C. The van der Waals surface area contributed by atoms with E-state index in [1.54, 1.807) is 17.9 Å². The van der Waals surface area contributed by atoms with Crippen LogP contribution in [0.3, 0.4) is 0 Å². The van der Waals surface area contributed by atoms with Gasteiger partial charge >= 0.3 is 5.97 Å². The number of esters is 1. The Kier molecular flexibility index (Phi) is 3.58. The molecule has 0 aromatic heterocycles. The molecule has 2 heterocycles. The van der Waals surface area contributed by atoms with Crippen LogP contribution in [0.5, 0.6) is 0 Å². The standard InChI is InChI=1S/C17H22N2O4/c1-5-17-9(2)7-19(8-20)12(17)6-11(21)15-14(17)13(10(3)18-15)16(22)23-4/h6,8-9,14-15,18H,5,7H2,1-4H3/t9-,14?,15?,17+/m1/s1. The molecule has 23 heavy (non-hydrogen) atoms. The van der Waals surface area contributed by atoms with Crippen LogP contribution in [0.25, 0.3) is 0 Å². The van der Waals surface area contributed by atoms with E-state index in [1.807, 2.05) is 6.92 Å². The lowest BCUT2D eigenvalue weighted by atomic mass is 9.58. The van der Waals surface area contributed by atoms with Crippen LogP contribution in [0, 0.1) is 17.3 Å². The second-order valence-corrected chi connectivity index (χ2v) is 6.61. The summed E-state index contributed by atoms with van der Waals surface area (Å²) >= 11 is 0. The highest BCUT2D eigenvalue weighted by Crippen LogP contribution is 2.58. The first-order chi connectivity index (χ1) is 10.9. The number of hydrogen-bond donors (Lipinski definition) is 1. The van der Waals surface area contributed by atoms with E-state index >= 15 is 0 Å². The number of allylic oxidation sites excluding steroid dienone is 2. The average molecular weight is 318 g/mol. The van der Waals surface area contributed by atoms with Crippen molar-refractivity contribution in [2.45, 2.75) is 33.2 Å². The number of amides is 1. The van der Waals surface area contributed by atoms with Gasteiger partial charge in [0.15, 0.2) is 5.78 Å². The summed E-state index contributed by atoms with van der Waals surface area (Å²) in [6, 6.07) is -0.457. The monoisotopic (exact) mass is 318 g/mol. The first kappa shape index (κ1) is 15.8. The highest BCUT2D eigenvalue weighted by Gasteiger charge is 2.62. The third-order valence-corrected chi connectivity index (χ3v) is 5.81. The molecule has 6 nitrogen and oxygen atoms in total. The van der Waals surface area contributed by atoms with E-state index in [1.165, 1.54) is 7.11 Å². The lowest BCUT2D eigenvalue weighted by molar-refractivity contribution is -0.137. The molecule has 1 amide bonds. The molecule has 1 saturated heterocycles. The van der Waals surface area contributed by atoms with Crippen molar-refractivity contribution in [3.05, 3.63) is 23.0 Å². The van der Waals surface area contributed by atoms with Gasteiger partial charge in [0.25, 0.3) is 0 Å². The molecule has 0 bridgehead atoms. The van der Waals surface area contributed by atoms with E-state index in [-0.39, 0.29) is 17.6 Å². The third-order valence-electron chi connectivity index (χ3n) is 5.81. The Morgan fingerprint density at radius 2 is 2.26 bits per heavy atom. The Balaban J connectivity index is 2.22. The number of ether oxygens (including phenoxy) is 1. The summed E-state index contributed by atoms with van der Waals surface area (Å²) in [5, 5.41) is 3.17. The van der Waals surface area contributed by atoms with E-state index in [4.69, 9.17) is 4.74 Å². The fraction of sp³-hybridized carbons (Fsp3) is 0.588. The quantitative estimate of drug-likeness (QED) is 0.620. The van der Waals surface area contributed by atoms with Gasteiger partial charge in [-0.15, -0.1) is 0 Å². The minimum absolute atomic E-state index is 0.0896. The molecule has 1 N–H and O–H groups in total. The maximum atomic E-state index is 12.6. The number of methoxy groups -OCH3 is 1. The molecule has 6 heteroatoms. The number of rotatable bonds is 3. The van der Waals surface area contributed by atoms with Crippen LogP contribution in [-0.4, -0.2) is 42.8 Å². The summed E-state index contributed by atoms with van der Waals surface area (Å²) in [6.45, 7) is 6.50. The zero-order valence-electron chi connectivity index (χ0n) is 13.9. The van der Waals surface area contributed by atoms with Gasteiger partial charge < -0.3 is 15.0 Å². The number of nitrogens with one attached hydrogen (secondary N) is 1. The summed E-state index contributed by atoms with van der Waals surface area (Å²) in [5.74, 6) is -0.640. The van der Waals surface area contributed by atoms with Gasteiger partial charge in [-0.1, -0.05) is 13.8 Å². The molecule has 0 saturated carbocycles. The Morgan fingerprint density at radius 3 is 2.83 bits per heavy atom. The fourth-order valence-corrected chi connectivity index (χ4v) is 4.81. The number of hydrogen-bond acceptors (Lipinski definition) is 5. The molecule has 124 valence electrons. The van der Waals surface area contributed by atoms with Crippen molar-refractivity contribution < 1.29 is 19.1 Å². The van der Waals surface area contributed by atoms with Gasteiger partial charge in [0.05, 0.1) is 18.7 Å². The van der Waals surface area contributed by atoms with Crippen molar-refractivity contribution in [2.24, 2.45) is 17.3 Å². The smallest absolute Gasteiger partial charge is 0.335 e. The van der Waals surface area contributed by atoms with Gasteiger partial charge in [-0.2, -0.15) is 0 Å². The van der Waals surface area contributed by atoms with Gasteiger partial charge in [-0.25, -0.2) is 4.79 Å². The predicted molar refractivity (Wildman–Crippen MR) is 82.9 cm³/mol. The van der Waals surface area contributed by atoms with Gasteiger partial charge in [0.2, 0.25) is 6.41 Å². The molecular formula is C17H22N2O4. The van der Waals surface area contributed by atoms with Crippen LogP contribution in [0.15, 0.2) is 23.0 Å². The highest BCUT2D eigenvalue weighted by atomic mass is 16.5. The van der Waals surface area contributed by atoms with Crippen LogP contribution in [0.1, 0.15) is 27.2 Å². The number of nitrogens with zero attached hydrogens (tertiary/aromatic N) is 1. The molecule has 0 aromatic carbocycles. The van der Waals surface area contributed by atoms with Crippen molar-refractivity contribution in [2.75, 3.05) is 13.7 Å². The number of carbonyl (C=O) groups excluding carboxylic acids is 3. The van der Waals surface area contributed by atoms with Crippen LogP contribution in [0.4, 0.5) is 0 Å². The Hall–Kier alpha value is -2.11. The van der Waals surface area contributed by atoms with E-state index in [0.29, 0.717) is 17.8 Å². The molecule has 3 rings (SSSR count). The molecule has 0 radical (unpaired) electrons. The molecule has 4 atom stereocenters. The van der Waals surface area contributed by atoms with Crippen LogP contribution in [0.2, 0.25) is 0 Å². The molecule has 1 fully saturated rings. The maximum absolute atomic E-state index is 12.6. The average Bonchev–Trinajstić information content (AvgIpc) is 3.02. The van der Waals surface area contributed by atoms with Crippen molar-refractivity contribution in [3.63, 3.8) is 0 Å². The first-order valence-corrected chi connectivity index (χ1v) is 7.95. The van der Waals surface area contributed by atoms with E-state index < -0.39 is 17.4 Å². The zero-order valence-corrected chi connectivity index (χ0v) is 13.9. The van der Waals surface area contributed by atoms with E-state index in [0.717, 1.165) is 18.5 Å². The largest absolute Gasteiger partial charge is 0.466 e. The predicted octanol–water partition coefficient (Wildman–Crippen LogP) is 0.992. The summed E-state index contributed by atoms with van der Waals surface area (Å²) in [7, 11) is 1.35. The molecule has 3 aliphatic rings. The second-order valence-electron chi connectivity index (χ2n) is 6.61. The summed E-state index contributed by atoms with van der Waals surface area (Å²) in [4.78, 5) is 38.0. The van der Waals surface area contributed by atoms with E-state index in [2.05, 4.69) is 12.2 Å². The highest BCUT2D eigenvalue weighted by molar-refractivity contribution is 6.02. The Labute approximate surface area is 135 Å². The topological polar surface area (TPSA) is 75.7 Å². The molecule has 2 aliphatic heterocycles. The lowest BCUT2D eigenvalue weighted by Gasteiger charge is -2.44. The molecular weight excluding hydrogens is 296 g/mol. The molecule has 1 aliphatic carbocycles. The molecule has 0 aromatic rings. The summed E-state index contributed by atoms with van der Waals surface area (Å²) < 4.78 is 4.96. The van der Waals surface area contributed by atoms with Gasteiger partial charge in [0, 0.05) is 35.3 Å². The molecule has 2 unspecified atom stereocenters. The van der Waals surface area contributed by atoms with Gasteiger partial charge in [-0.3, -0.25) is 9.59 Å². The first-order valence-electron chi connectivity index (χ1n) is 7.95. The van der Waals surface area contributed by atoms with Crippen LogP contribution >= 0.6 is 0 Å². The number of fused-ring (bicyclic) bond motifs is 3. The van der Waals surface area contributed by atoms with Crippen LogP contribution in [-0.2, 0) is 19.1 Å². The van der Waals surface area contributed by atoms with Gasteiger partial charge in [0.1, 0.15) is 0 Å². The van der Waals surface area contributed by atoms with Gasteiger partial charge in [-0.05, 0) is 19.3 Å². The van der Waals surface area contributed by atoms with Crippen molar-refractivity contribution in [1.82, 2.24) is 10.2 Å².